The standard InChI is InChI=1S/C24H23F6N3O4/c1-3-15-10-18(13-34)33(12-14-4-7-17(8-5-14)31-22(35)23(25,26)27)32-21(15)16-6-9-19(36-2)20(11-16)37-24(28,29)30/h4-9,11,13,15,18H,3,10,12H2,1-2H3,(H,31,35). The lowest BCUT2D eigenvalue weighted by Crippen LogP contribution is -2.41. The van der Waals surface area contributed by atoms with Gasteiger partial charge in [0.25, 0.3) is 0 Å². The highest BCUT2D eigenvalue weighted by Crippen LogP contribution is 2.35. The van der Waals surface area contributed by atoms with Crippen molar-refractivity contribution in [3.8, 4) is 11.5 Å². The second-order valence-electron chi connectivity index (χ2n) is 8.19. The lowest BCUT2D eigenvalue weighted by atomic mass is 9.87. The van der Waals surface area contributed by atoms with Crippen molar-refractivity contribution in [2.45, 2.75) is 44.9 Å². The maximum absolute atomic E-state index is 12.9. The smallest absolute Gasteiger partial charge is 0.493 e. The maximum Gasteiger partial charge on any atom is 0.573 e. The number of aldehydes is 1. The molecule has 1 amide bonds. The zero-order chi connectivity index (χ0) is 27.4. The Labute approximate surface area is 208 Å². The van der Waals surface area contributed by atoms with Gasteiger partial charge in [0.2, 0.25) is 0 Å². The number of nitrogens with zero attached hydrogens (tertiary/aromatic N) is 2. The summed E-state index contributed by atoms with van der Waals surface area (Å²) in [6.45, 7) is 1.95. The molecule has 1 aliphatic rings. The number of alkyl halides is 6. The molecular weight excluding hydrogens is 508 g/mol. The minimum absolute atomic E-state index is 0.0673. The van der Waals surface area contributed by atoms with E-state index in [0.29, 0.717) is 36.0 Å². The van der Waals surface area contributed by atoms with Crippen LogP contribution in [0.5, 0.6) is 11.5 Å². The van der Waals surface area contributed by atoms with Crippen LogP contribution in [0.4, 0.5) is 32.0 Å². The van der Waals surface area contributed by atoms with Crippen molar-refractivity contribution >= 4 is 23.6 Å². The molecule has 1 N–H and O–H groups in total. The number of hydrogen-bond donors (Lipinski definition) is 1. The number of nitrogens with one attached hydrogen (secondary N) is 1. The van der Waals surface area contributed by atoms with Crippen molar-refractivity contribution in [1.29, 1.82) is 0 Å². The number of amides is 1. The third-order valence-electron chi connectivity index (χ3n) is 5.68. The first-order valence-electron chi connectivity index (χ1n) is 11.1. The van der Waals surface area contributed by atoms with Crippen LogP contribution in [0.3, 0.4) is 0 Å². The number of hydrazone groups is 1. The molecule has 7 nitrogen and oxygen atoms in total. The molecule has 2 unspecified atom stereocenters. The Kier molecular flexibility index (Phi) is 8.34. The molecule has 0 saturated heterocycles. The van der Waals surface area contributed by atoms with Gasteiger partial charge in [0.05, 0.1) is 19.4 Å². The monoisotopic (exact) mass is 531 g/mol. The first-order chi connectivity index (χ1) is 17.3. The number of anilines is 1. The van der Waals surface area contributed by atoms with Crippen molar-refractivity contribution < 1.29 is 45.4 Å². The number of rotatable bonds is 8. The van der Waals surface area contributed by atoms with E-state index in [1.807, 2.05) is 6.92 Å². The van der Waals surface area contributed by atoms with Gasteiger partial charge in [-0.15, -0.1) is 13.2 Å². The summed E-state index contributed by atoms with van der Waals surface area (Å²) in [7, 11) is 1.21. The summed E-state index contributed by atoms with van der Waals surface area (Å²) < 4.78 is 85.1. The molecule has 2 aromatic carbocycles. The van der Waals surface area contributed by atoms with Crippen LogP contribution in [0.15, 0.2) is 47.6 Å². The van der Waals surface area contributed by atoms with E-state index in [1.165, 1.54) is 48.5 Å². The second kappa shape index (κ2) is 11.1. The van der Waals surface area contributed by atoms with Crippen molar-refractivity contribution in [2.75, 3.05) is 12.4 Å². The van der Waals surface area contributed by atoms with Gasteiger partial charge in [-0.3, -0.25) is 9.80 Å². The van der Waals surface area contributed by atoms with E-state index >= 15 is 0 Å². The van der Waals surface area contributed by atoms with Gasteiger partial charge in [0, 0.05) is 17.2 Å². The van der Waals surface area contributed by atoms with E-state index < -0.39 is 30.2 Å². The number of benzene rings is 2. The molecule has 1 heterocycles. The topological polar surface area (TPSA) is 80.2 Å². The molecule has 13 heteroatoms. The number of ether oxygens (including phenoxy) is 2. The summed E-state index contributed by atoms with van der Waals surface area (Å²) in [4.78, 5) is 22.9. The van der Waals surface area contributed by atoms with Gasteiger partial charge in [-0.25, -0.2) is 0 Å². The fourth-order valence-electron chi connectivity index (χ4n) is 3.87. The predicted molar refractivity (Wildman–Crippen MR) is 121 cm³/mol. The Morgan fingerprint density at radius 3 is 2.32 bits per heavy atom. The normalized spacial score (nSPS) is 18.2. The molecule has 2 atom stereocenters. The molecule has 0 aliphatic carbocycles. The maximum atomic E-state index is 12.9. The van der Waals surface area contributed by atoms with E-state index in [0.717, 1.165) is 0 Å². The van der Waals surface area contributed by atoms with Gasteiger partial charge >= 0.3 is 18.4 Å². The molecule has 0 aromatic heterocycles. The number of carbonyl (C=O) groups is 2. The Morgan fingerprint density at radius 1 is 1.11 bits per heavy atom. The van der Waals surface area contributed by atoms with Crippen molar-refractivity contribution in [3.63, 3.8) is 0 Å². The minimum atomic E-state index is -5.03. The fourth-order valence-corrected chi connectivity index (χ4v) is 3.87. The van der Waals surface area contributed by atoms with Crippen LogP contribution in [-0.4, -0.2) is 48.6 Å². The van der Waals surface area contributed by atoms with Gasteiger partial charge in [-0.1, -0.05) is 19.1 Å². The fraction of sp³-hybridized carbons (Fsp3) is 0.375. The van der Waals surface area contributed by atoms with E-state index in [1.54, 1.807) is 11.4 Å². The molecule has 37 heavy (non-hydrogen) atoms. The number of hydrogen-bond acceptors (Lipinski definition) is 6. The third kappa shape index (κ3) is 7.14. The largest absolute Gasteiger partial charge is 0.573 e. The molecule has 3 rings (SSSR count). The first kappa shape index (κ1) is 27.8. The molecule has 0 bridgehead atoms. The molecule has 0 radical (unpaired) electrons. The van der Waals surface area contributed by atoms with Crippen LogP contribution in [0.25, 0.3) is 0 Å². The van der Waals surface area contributed by atoms with E-state index in [-0.39, 0.29) is 23.9 Å². The average molecular weight is 531 g/mol. The Bertz CT molecular complexity index is 1150. The SMILES string of the molecule is CCC1CC(C=O)N(Cc2ccc(NC(=O)C(F)(F)F)cc2)N=C1c1ccc(OC)c(OC(F)(F)F)c1. The number of halogens is 6. The highest BCUT2D eigenvalue weighted by molar-refractivity contribution is 6.03. The van der Waals surface area contributed by atoms with Crippen LogP contribution in [0.1, 0.15) is 30.9 Å². The van der Waals surface area contributed by atoms with Gasteiger partial charge < -0.3 is 19.6 Å². The van der Waals surface area contributed by atoms with Gasteiger partial charge in [0.15, 0.2) is 11.5 Å². The van der Waals surface area contributed by atoms with Crippen LogP contribution in [0.2, 0.25) is 0 Å². The Morgan fingerprint density at radius 2 is 1.78 bits per heavy atom. The summed E-state index contributed by atoms with van der Waals surface area (Å²) in [5, 5.41) is 7.78. The van der Waals surface area contributed by atoms with E-state index in [2.05, 4.69) is 9.84 Å². The summed E-state index contributed by atoms with van der Waals surface area (Å²) in [6, 6.07) is 8.91. The van der Waals surface area contributed by atoms with E-state index in [9.17, 15) is 35.9 Å². The lowest BCUT2D eigenvalue weighted by molar-refractivity contribution is -0.275. The number of carbonyl (C=O) groups excluding carboxylic acids is 2. The molecule has 0 fully saturated rings. The van der Waals surface area contributed by atoms with Crippen LogP contribution in [0, 0.1) is 5.92 Å². The van der Waals surface area contributed by atoms with Crippen molar-refractivity contribution in [2.24, 2.45) is 11.0 Å². The van der Waals surface area contributed by atoms with Gasteiger partial charge in [-0.2, -0.15) is 18.3 Å². The second-order valence-corrected chi connectivity index (χ2v) is 8.19. The predicted octanol–water partition coefficient (Wildman–Crippen LogP) is 5.30. The summed E-state index contributed by atoms with van der Waals surface area (Å²) in [5.74, 6) is -3.00. The minimum Gasteiger partial charge on any atom is -0.493 e. The Hall–Kier alpha value is -3.77. The quantitative estimate of drug-likeness (QED) is 0.370. The third-order valence-corrected chi connectivity index (χ3v) is 5.68. The molecular formula is C24H23F6N3O4. The summed E-state index contributed by atoms with van der Waals surface area (Å²) in [5.41, 5.74) is 1.31. The zero-order valence-electron chi connectivity index (χ0n) is 19.7. The number of methoxy groups -OCH3 is 1. The zero-order valence-corrected chi connectivity index (χ0v) is 19.7. The lowest BCUT2D eigenvalue weighted by Gasteiger charge is -2.35. The van der Waals surface area contributed by atoms with Crippen LogP contribution in [-0.2, 0) is 16.1 Å². The first-order valence-corrected chi connectivity index (χ1v) is 11.1. The van der Waals surface area contributed by atoms with Gasteiger partial charge in [0.1, 0.15) is 12.3 Å². The van der Waals surface area contributed by atoms with E-state index in [4.69, 9.17) is 4.74 Å². The van der Waals surface area contributed by atoms with Crippen molar-refractivity contribution in [3.05, 3.63) is 53.6 Å². The molecule has 2 aromatic rings. The molecule has 0 saturated carbocycles. The van der Waals surface area contributed by atoms with Crippen LogP contribution >= 0.6 is 0 Å². The highest BCUT2D eigenvalue weighted by atomic mass is 19.4. The summed E-state index contributed by atoms with van der Waals surface area (Å²) >= 11 is 0. The average Bonchev–Trinajstić information content (AvgIpc) is 2.83. The Balaban J connectivity index is 1.90. The summed E-state index contributed by atoms with van der Waals surface area (Å²) in [6.07, 6.45) is -8.35. The molecule has 1 aliphatic heterocycles. The highest BCUT2D eigenvalue weighted by Gasteiger charge is 2.39. The van der Waals surface area contributed by atoms with Crippen LogP contribution < -0.4 is 14.8 Å². The van der Waals surface area contributed by atoms with Crippen molar-refractivity contribution in [1.82, 2.24) is 5.01 Å². The molecule has 0 spiro atoms. The van der Waals surface area contributed by atoms with Gasteiger partial charge in [-0.05, 0) is 48.7 Å². The molecule has 200 valence electrons.